The summed E-state index contributed by atoms with van der Waals surface area (Å²) >= 11 is 1.78. The highest BCUT2D eigenvalue weighted by Gasteiger charge is 2.15. The lowest BCUT2D eigenvalue weighted by molar-refractivity contribution is 0.122. The normalized spacial score (nSPS) is 13.2. The molecule has 1 aliphatic rings. The van der Waals surface area contributed by atoms with Crippen LogP contribution in [0, 0.1) is 6.92 Å². The number of aromatic nitrogens is 2. The number of hydrogen-bond acceptors (Lipinski definition) is 9. The zero-order valence-corrected chi connectivity index (χ0v) is 23.7. The summed E-state index contributed by atoms with van der Waals surface area (Å²) < 4.78 is 16.0. The summed E-state index contributed by atoms with van der Waals surface area (Å²) in [7, 11) is 1.60. The number of carbonyl (C=O) groups excluding carboxylic acids is 1. The van der Waals surface area contributed by atoms with Gasteiger partial charge < -0.3 is 24.4 Å². The van der Waals surface area contributed by atoms with E-state index in [1.165, 1.54) is 16.6 Å². The molecule has 1 aliphatic heterocycles. The molecule has 4 rings (SSSR count). The van der Waals surface area contributed by atoms with Gasteiger partial charge in [-0.2, -0.15) is 0 Å². The Hall–Kier alpha value is -3.63. The number of hydrogen-bond donors (Lipinski definition) is 2. The molecule has 10 heteroatoms. The van der Waals surface area contributed by atoms with Crippen LogP contribution in [0.15, 0.2) is 43.0 Å². The molecule has 0 atom stereocenters. The molecule has 2 N–H and O–H groups in total. The zero-order chi connectivity index (χ0) is 27.6. The van der Waals surface area contributed by atoms with Gasteiger partial charge >= 0.3 is 6.09 Å². The highest BCUT2D eigenvalue weighted by Crippen LogP contribution is 2.26. The third kappa shape index (κ3) is 8.18. The van der Waals surface area contributed by atoms with Gasteiger partial charge in [0.15, 0.2) is 0 Å². The quantitative estimate of drug-likeness (QED) is 0.289. The number of nitrogens with zero attached hydrogens (tertiary/aromatic N) is 3. The van der Waals surface area contributed by atoms with Crippen molar-refractivity contribution in [1.82, 2.24) is 9.97 Å². The fraction of sp³-hybridized carbons (Fsp3) is 0.414. The van der Waals surface area contributed by atoms with Gasteiger partial charge in [-0.25, -0.2) is 14.8 Å². The molecule has 0 radical (unpaired) electrons. The second kappa shape index (κ2) is 14.0. The van der Waals surface area contributed by atoms with E-state index in [0.717, 1.165) is 60.1 Å². The van der Waals surface area contributed by atoms with E-state index in [4.69, 9.17) is 24.2 Å². The minimum atomic E-state index is -0.548. The summed E-state index contributed by atoms with van der Waals surface area (Å²) in [6, 6.07) is 9.83. The Morgan fingerprint density at radius 3 is 2.72 bits per heavy atom. The molecular formula is C29H37N5O4S. The van der Waals surface area contributed by atoms with Crippen LogP contribution in [0.2, 0.25) is 0 Å². The lowest BCUT2D eigenvalue weighted by Gasteiger charge is -2.29. The van der Waals surface area contributed by atoms with E-state index in [2.05, 4.69) is 48.1 Å². The number of morpholine rings is 1. The fourth-order valence-electron chi connectivity index (χ4n) is 4.39. The predicted octanol–water partition coefficient (Wildman–Crippen LogP) is 5.39. The van der Waals surface area contributed by atoms with Crippen molar-refractivity contribution in [2.75, 3.05) is 55.6 Å². The van der Waals surface area contributed by atoms with Gasteiger partial charge in [0.25, 0.3) is 0 Å². The molecule has 2 aromatic heterocycles. The monoisotopic (exact) mass is 551 g/mol. The average molecular weight is 552 g/mol. The Labute approximate surface area is 234 Å². The van der Waals surface area contributed by atoms with Crippen LogP contribution in [0.25, 0.3) is 0 Å². The number of rotatable bonds is 12. The van der Waals surface area contributed by atoms with Gasteiger partial charge in [0, 0.05) is 60.1 Å². The number of nitrogens with one attached hydrogen (secondary N) is 2. The van der Waals surface area contributed by atoms with Gasteiger partial charge in [0.1, 0.15) is 18.2 Å². The molecule has 9 nitrogen and oxygen atoms in total. The number of anilines is 3. The number of ether oxygens (including phenoxy) is 3. The molecule has 39 heavy (non-hydrogen) atoms. The first-order chi connectivity index (χ1) is 19.0. The van der Waals surface area contributed by atoms with Crippen LogP contribution in [0.4, 0.5) is 22.0 Å². The first-order valence-electron chi connectivity index (χ1n) is 13.2. The molecule has 1 aromatic carbocycles. The average Bonchev–Trinajstić information content (AvgIpc) is 3.33. The molecule has 0 spiro atoms. The van der Waals surface area contributed by atoms with E-state index in [-0.39, 0.29) is 6.61 Å². The van der Waals surface area contributed by atoms with Crippen LogP contribution in [0.1, 0.15) is 33.8 Å². The Kier molecular flexibility index (Phi) is 10.2. The number of aryl methyl sites for hydroxylation is 4. The molecule has 1 saturated heterocycles. The zero-order valence-electron chi connectivity index (χ0n) is 22.9. The predicted molar refractivity (Wildman–Crippen MR) is 156 cm³/mol. The molecule has 0 bridgehead atoms. The second-order valence-corrected chi connectivity index (χ2v) is 10.5. The van der Waals surface area contributed by atoms with Crippen molar-refractivity contribution in [3.05, 3.63) is 69.8 Å². The Morgan fingerprint density at radius 2 is 2.00 bits per heavy atom. The Bertz CT molecular complexity index is 1270. The van der Waals surface area contributed by atoms with E-state index < -0.39 is 6.09 Å². The molecule has 0 saturated carbocycles. The van der Waals surface area contributed by atoms with E-state index >= 15 is 0 Å². The Balaban J connectivity index is 1.50. The summed E-state index contributed by atoms with van der Waals surface area (Å²) in [5.41, 5.74) is 4.85. The van der Waals surface area contributed by atoms with E-state index in [1.54, 1.807) is 24.5 Å². The van der Waals surface area contributed by atoms with Gasteiger partial charge in [-0.15, -0.1) is 11.3 Å². The molecule has 1 fully saturated rings. The number of thiazole rings is 1. The molecule has 3 aromatic rings. The smallest absolute Gasteiger partial charge is 0.411 e. The minimum absolute atomic E-state index is 0.139. The van der Waals surface area contributed by atoms with Crippen LogP contribution >= 0.6 is 11.3 Å². The number of pyridine rings is 1. The van der Waals surface area contributed by atoms with Gasteiger partial charge in [-0.1, -0.05) is 19.6 Å². The largest absolute Gasteiger partial charge is 0.497 e. The maximum absolute atomic E-state index is 12.0. The van der Waals surface area contributed by atoms with Crippen LogP contribution in [-0.4, -0.2) is 56.1 Å². The van der Waals surface area contributed by atoms with Gasteiger partial charge in [0.05, 0.1) is 31.0 Å². The first-order valence-corrected chi connectivity index (χ1v) is 14.0. The third-order valence-electron chi connectivity index (χ3n) is 6.36. The maximum Gasteiger partial charge on any atom is 0.411 e. The highest BCUT2D eigenvalue weighted by atomic mass is 32.1. The lowest BCUT2D eigenvalue weighted by Crippen LogP contribution is -2.36. The number of amides is 1. The van der Waals surface area contributed by atoms with Crippen molar-refractivity contribution in [3.8, 4) is 5.75 Å². The van der Waals surface area contributed by atoms with Crippen molar-refractivity contribution >= 4 is 34.6 Å². The van der Waals surface area contributed by atoms with Gasteiger partial charge in [-0.3, -0.25) is 5.32 Å². The highest BCUT2D eigenvalue weighted by molar-refractivity contribution is 7.11. The van der Waals surface area contributed by atoms with Crippen molar-refractivity contribution < 1.29 is 19.0 Å². The van der Waals surface area contributed by atoms with E-state index in [1.807, 2.05) is 12.1 Å². The SMILES string of the molecule is C=CCOC(=O)Nc1cc(CNc2cc(N3CCOCC3)cc(CCc3nc(CC)c(C)s3)n2)cc(OC)c1. The van der Waals surface area contributed by atoms with Crippen LogP contribution < -0.4 is 20.3 Å². The standard InChI is InChI=1S/C29H37N5O4S/c1-5-11-38-29(35)32-23-14-21(15-25(17-23)36-4)19-30-27-18-24(34-9-12-37-13-10-34)16-22(31-27)7-8-28-33-26(6-2)20(3)39-28/h5,14-18H,1,6-13,19H2,2-4H3,(H,30,31)(H,32,35). The summed E-state index contributed by atoms with van der Waals surface area (Å²) in [4.78, 5) is 25.4. The minimum Gasteiger partial charge on any atom is -0.497 e. The summed E-state index contributed by atoms with van der Waals surface area (Å²) in [5.74, 6) is 1.43. The van der Waals surface area contributed by atoms with Crippen molar-refractivity contribution in [2.45, 2.75) is 39.7 Å². The molecule has 1 amide bonds. The first kappa shape index (κ1) is 28.4. The van der Waals surface area contributed by atoms with E-state index in [9.17, 15) is 4.79 Å². The molecule has 3 heterocycles. The van der Waals surface area contributed by atoms with Gasteiger partial charge in [0.2, 0.25) is 0 Å². The molecular weight excluding hydrogens is 514 g/mol. The topological polar surface area (TPSA) is 97.8 Å². The van der Waals surface area contributed by atoms with E-state index in [0.29, 0.717) is 31.2 Å². The Morgan fingerprint density at radius 1 is 1.18 bits per heavy atom. The van der Waals surface area contributed by atoms with Crippen LogP contribution in [0.5, 0.6) is 5.75 Å². The summed E-state index contributed by atoms with van der Waals surface area (Å²) in [6.45, 7) is 11.6. The van der Waals surface area contributed by atoms with Gasteiger partial charge in [-0.05, 0) is 43.5 Å². The maximum atomic E-state index is 12.0. The number of carbonyl (C=O) groups is 1. The van der Waals surface area contributed by atoms with Crippen LogP contribution in [-0.2, 0) is 35.3 Å². The second-order valence-electron chi connectivity index (χ2n) is 9.20. The summed E-state index contributed by atoms with van der Waals surface area (Å²) in [6.07, 6.45) is 3.60. The van der Waals surface area contributed by atoms with Crippen molar-refractivity contribution in [3.63, 3.8) is 0 Å². The molecule has 208 valence electrons. The molecule has 0 unspecified atom stereocenters. The lowest BCUT2D eigenvalue weighted by atomic mass is 10.1. The number of methoxy groups -OCH3 is 1. The summed E-state index contributed by atoms with van der Waals surface area (Å²) in [5, 5.41) is 7.36. The third-order valence-corrected chi connectivity index (χ3v) is 7.43. The molecule has 0 aliphatic carbocycles. The fourth-order valence-corrected chi connectivity index (χ4v) is 5.41. The van der Waals surface area contributed by atoms with Crippen molar-refractivity contribution in [1.29, 1.82) is 0 Å². The van der Waals surface area contributed by atoms with Crippen LogP contribution in [0.3, 0.4) is 0 Å². The number of benzene rings is 1. The van der Waals surface area contributed by atoms with Crippen molar-refractivity contribution in [2.24, 2.45) is 0 Å².